The van der Waals surface area contributed by atoms with Gasteiger partial charge in [0.25, 0.3) is 5.91 Å². The van der Waals surface area contributed by atoms with Crippen LogP contribution in [0.1, 0.15) is 43.4 Å². The monoisotopic (exact) mass is 396 g/mol. The molecular weight excluding hydrogens is 364 g/mol. The van der Waals surface area contributed by atoms with Crippen molar-refractivity contribution in [1.29, 1.82) is 0 Å². The topological polar surface area (TPSA) is 58.6 Å². The lowest BCUT2D eigenvalue weighted by molar-refractivity contribution is -0.143. The Bertz CT molecular complexity index is 819. The van der Waals surface area contributed by atoms with Crippen molar-refractivity contribution in [3.8, 4) is 5.75 Å². The van der Waals surface area contributed by atoms with E-state index in [1.54, 1.807) is 4.90 Å². The number of nitrogens with one attached hydrogen (secondary N) is 1. The highest BCUT2D eigenvalue weighted by Crippen LogP contribution is 2.18. The highest BCUT2D eigenvalue weighted by molar-refractivity contribution is 5.88. The minimum atomic E-state index is -0.533. The van der Waals surface area contributed by atoms with Crippen molar-refractivity contribution < 1.29 is 14.3 Å². The maximum atomic E-state index is 13.1. The second kappa shape index (κ2) is 11.2. The van der Waals surface area contributed by atoms with Crippen LogP contribution in [0.5, 0.6) is 5.75 Å². The lowest BCUT2D eigenvalue weighted by Gasteiger charge is -2.31. The molecule has 0 bridgehead atoms. The molecular formula is C24H32N2O3. The maximum Gasteiger partial charge on any atom is 0.261 e. The molecule has 5 nitrogen and oxygen atoms in total. The lowest BCUT2D eigenvalue weighted by Crippen LogP contribution is -2.50. The molecule has 2 amide bonds. The molecule has 0 aromatic heterocycles. The Morgan fingerprint density at radius 3 is 2.28 bits per heavy atom. The van der Waals surface area contributed by atoms with Crippen LogP contribution in [0, 0.1) is 13.8 Å². The van der Waals surface area contributed by atoms with Crippen LogP contribution in [0.2, 0.25) is 0 Å². The molecule has 29 heavy (non-hydrogen) atoms. The van der Waals surface area contributed by atoms with E-state index in [1.807, 2.05) is 76.2 Å². The van der Waals surface area contributed by atoms with Crippen LogP contribution in [0.15, 0.2) is 48.5 Å². The lowest BCUT2D eigenvalue weighted by atomic mass is 10.1. The zero-order valence-corrected chi connectivity index (χ0v) is 17.9. The van der Waals surface area contributed by atoms with Crippen molar-refractivity contribution >= 4 is 11.8 Å². The van der Waals surface area contributed by atoms with E-state index in [2.05, 4.69) is 5.32 Å². The first-order chi connectivity index (χ1) is 14.0. The third-order valence-corrected chi connectivity index (χ3v) is 4.98. The fourth-order valence-corrected chi connectivity index (χ4v) is 3.20. The summed E-state index contributed by atoms with van der Waals surface area (Å²) < 4.78 is 5.78. The van der Waals surface area contributed by atoms with Gasteiger partial charge in [-0.15, -0.1) is 0 Å². The molecule has 0 saturated carbocycles. The van der Waals surface area contributed by atoms with Gasteiger partial charge in [-0.2, -0.15) is 0 Å². The van der Waals surface area contributed by atoms with Gasteiger partial charge in [-0.3, -0.25) is 9.59 Å². The van der Waals surface area contributed by atoms with E-state index in [0.717, 1.165) is 23.1 Å². The van der Waals surface area contributed by atoms with Crippen molar-refractivity contribution in [3.63, 3.8) is 0 Å². The Morgan fingerprint density at radius 1 is 1.00 bits per heavy atom. The Morgan fingerprint density at radius 2 is 1.66 bits per heavy atom. The zero-order valence-electron chi connectivity index (χ0n) is 17.9. The summed E-state index contributed by atoms with van der Waals surface area (Å²) in [5.41, 5.74) is 3.09. The van der Waals surface area contributed by atoms with Gasteiger partial charge in [0.15, 0.2) is 6.61 Å². The highest BCUT2D eigenvalue weighted by atomic mass is 16.5. The zero-order chi connectivity index (χ0) is 21.2. The van der Waals surface area contributed by atoms with Crippen LogP contribution in [-0.2, 0) is 16.1 Å². The molecule has 5 heteroatoms. The SMILES string of the molecule is CCCNC(=O)[C@H](CC)N(Cc1ccccc1C)C(=O)COc1ccccc1C. The average molecular weight is 397 g/mol. The summed E-state index contributed by atoms with van der Waals surface area (Å²) in [5, 5.41) is 2.93. The molecule has 0 aliphatic rings. The number of hydrogen-bond donors (Lipinski definition) is 1. The standard InChI is InChI=1S/C24H32N2O3/c1-5-15-25-24(28)21(6-2)26(16-20-13-9-7-11-18(20)3)23(27)17-29-22-14-10-8-12-19(22)4/h7-14,21H,5-6,15-17H2,1-4H3,(H,25,28)/t21-/m0/s1. The fraction of sp³-hybridized carbons (Fsp3) is 0.417. The minimum absolute atomic E-state index is 0.103. The van der Waals surface area contributed by atoms with Crippen LogP contribution < -0.4 is 10.1 Å². The highest BCUT2D eigenvalue weighted by Gasteiger charge is 2.29. The molecule has 156 valence electrons. The van der Waals surface area contributed by atoms with Crippen LogP contribution in [0.4, 0.5) is 0 Å². The van der Waals surface area contributed by atoms with Gasteiger partial charge < -0.3 is 15.0 Å². The first kappa shape index (κ1) is 22.5. The molecule has 0 fully saturated rings. The predicted molar refractivity (Wildman–Crippen MR) is 116 cm³/mol. The Hall–Kier alpha value is -2.82. The van der Waals surface area contributed by atoms with Gasteiger partial charge in [0.05, 0.1) is 0 Å². The van der Waals surface area contributed by atoms with E-state index in [9.17, 15) is 9.59 Å². The van der Waals surface area contributed by atoms with Gasteiger partial charge in [0.1, 0.15) is 11.8 Å². The van der Waals surface area contributed by atoms with Crippen molar-refractivity contribution in [2.45, 2.75) is 53.1 Å². The average Bonchev–Trinajstić information content (AvgIpc) is 2.72. The Kier molecular flexibility index (Phi) is 8.71. The Labute approximate surface area is 174 Å². The molecule has 0 heterocycles. The molecule has 0 saturated heterocycles. The van der Waals surface area contributed by atoms with E-state index in [1.165, 1.54) is 0 Å². The van der Waals surface area contributed by atoms with Crippen molar-refractivity contribution in [3.05, 3.63) is 65.2 Å². The van der Waals surface area contributed by atoms with E-state index < -0.39 is 6.04 Å². The van der Waals surface area contributed by atoms with Gasteiger partial charge in [-0.05, 0) is 49.4 Å². The molecule has 0 spiro atoms. The van der Waals surface area contributed by atoms with E-state index in [0.29, 0.717) is 25.3 Å². The number of nitrogens with zero attached hydrogens (tertiary/aromatic N) is 1. The summed E-state index contributed by atoms with van der Waals surface area (Å²) in [6.07, 6.45) is 1.39. The molecule has 2 aromatic rings. The van der Waals surface area contributed by atoms with Crippen LogP contribution in [-0.4, -0.2) is 35.9 Å². The summed E-state index contributed by atoms with van der Waals surface area (Å²) in [7, 11) is 0. The van der Waals surface area contributed by atoms with E-state index in [-0.39, 0.29) is 18.4 Å². The second-order valence-corrected chi connectivity index (χ2v) is 7.22. The first-order valence-electron chi connectivity index (χ1n) is 10.3. The van der Waals surface area contributed by atoms with Gasteiger partial charge in [-0.1, -0.05) is 56.3 Å². The maximum absolute atomic E-state index is 13.1. The van der Waals surface area contributed by atoms with Gasteiger partial charge >= 0.3 is 0 Å². The van der Waals surface area contributed by atoms with Crippen molar-refractivity contribution in [2.24, 2.45) is 0 Å². The van der Waals surface area contributed by atoms with Crippen LogP contribution in [0.25, 0.3) is 0 Å². The van der Waals surface area contributed by atoms with E-state index >= 15 is 0 Å². The molecule has 1 N–H and O–H groups in total. The molecule has 0 unspecified atom stereocenters. The summed E-state index contributed by atoms with van der Waals surface area (Å²) in [6.45, 7) is 8.76. The van der Waals surface area contributed by atoms with Crippen LogP contribution in [0.3, 0.4) is 0 Å². The molecule has 2 aromatic carbocycles. The first-order valence-corrected chi connectivity index (χ1v) is 10.3. The van der Waals surface area contributed by atoms with E-state index in [4.69, 9.17) is 4.74 Å². The molecule has 2 rings (SSSR count). The number of aryl methyl sites for hydroxylation is 2. The molecule has 0 radical (unpaired) electrons. The number of benzene rings is 2. The van der Waals surface area contributed by atoms with Crippen molar-refractivity contribution in [2.75, 3.05) is 13.2 Å². The molecule has 0 aliphatic heterocycles. The smallest absolute Gasteiger partial charge is 0.261 e. The molecule has 1 atom stereocenters. The summed E-state index contributed by atoms with van der Waals surface area (Å²) in [5.74, 6) is 0.363. The summed E-state index contributed by atoms with van der Waals surface area (Å²) >= 11 is 0. The third kappa shape index (κ3) is 6.34. The summed E-state index contributed by atoms with van der Waals surface area (Å²) in [6, 6.07) is 15.0. The summed E-state index contributed by atoms with van der Waals surface area (Å²) in [4.78, 5) is 27.5. The molecule has 0 aliphatic carbocycles. The normalized spacial score (nSPS) is 11.6. The number of carbonyl (C=O) groups is 2. The minimum Gasteiger partial charge on any atom is -0.484 e. The van der Waals surface area contributed by atoms with Gasteiger partial charge in [-0.25, -0.2) is 0 Å². The number of carbonyl (C=O) groups excluding carboxylic acids is 2. The number of rotatable bonds is 10. The van der Waals surface area contributed by atoms with Crippen molar-refractivity contribution in [1.82, 2.24) is 10.2 Å². The predicted octanol–water partition coefficient (Wildman–Crippen LogP) is 4.02. The number of hydrogen-bond acceptors (Lipinski definition) is 3. The fourth-order valence-electron chi connectivity index (χ4n) is 3.20. The number of para-hydroxylation sites is 1. The second-order valence-electron chi connectivity index (χ2n) is 7.22. The van der Waals surface area contributed by atoms with Gasteiger partial charge in [0.2, 0.25) is 5.91 Å². The van der Waals surface area contributed by atoms with Crippen LogP contribution >= 0.6 is 0 Å². The Balaban J connectivity index is 2.22. The number of amides is 2. The largest absolute Gasteiger partial charge is 0.484 e. The van der Waals surface area contributed by atoms with Gasteiger partial charge in [0, 0.05) is 13.1 Å². The number of ether oxygens (including phenoxy) is 1. The third-order valence-electron chi connectivity index (χ3n) is 4.98. The quantitative estimate of drug-likeness (QED) is 0.660.